The molecule has 0 aliphatic rings. The average Bonchev–Trinajstić information content (AvgIpc) is 2.65. The number of carbonyl (C=O) groups excluding carboxylic acids is 1. The van der Waals surface area contributed by atoms with E-state index in [1.165, 1.54) is 30.3 Å². The molecule has 0 spiro atoms. The minimum atomic E-state index is -3.59. The molecule has 0 bridgehead atoms. The molecule has 0 radical (unpaired) electrons. The third-order valence-corrected chi connectivity index (χ3v) is 4.73. The standard InChI is InChI=1S/C18H20N2O5S/c1-3-12-19-26(22,23)17-10-4-14(5-11-17)20-18(21)13-25-16-8-6-15(24-2)7-9-16/h3-11,19H,1,12-13H2,2H3,(H,20,21). The fourth-order valence-corrected chi connectivity index (χ4v) is 2.99. The molecular formula is C18H20N2O5S. The lowest BCUT2D eigenvalue weighted by molar-refractivity contribution is -0.118. The molecule has 0 unspecified atom stereocenters. The van der Waals surface area contributed by atoms with Crippen LogP contribution in [0.15, 0.2) is 66.1 Å². The van der Waals surface area contributed by atoms with Crippen molar-refractivity contribution in [2.45, 2.75) is 4.90 Å². The van der Waals surface area contributed by atoms with E-state index in [4.69, 9.17) is 9.47 Å². The first-order valence-corrected chi connectivity index (χ1v) is 9.20. The van der Waals surface area contributed by atoms with E-state index in [1.54, 1.807) is 31.4 Å². The fraction of sp³-hybridized carbons (Fsp3) is 0.167. The average molecular weight is 376 g/mol. The minimum Gasteiger partial charge on any atom is -0.497 e. The van der Waals surface area contributed by atoms with Crippen LogP contribution in [0.1, 0.15) is 0 Å². The zero-order valence-corrected chi connectivity index (χ0v) is 15.1. The van der Waals surface area contributed by atoms with Crippen LogP contribution in [-0.2, 0) is 14.8 Å². The molecule has 26 heavy (non-hydrogen) atoms. The number of benzene rings is 2. The summed E-state index contributed by atoms with van der Waals surface area (Å²) >= 11 is 0. The number of hydrogen-bond donors (Lipinski definition) is 2. The van der Waals surface area contributed by atoms with Crippen molar-refractivity contribution in [2.24, 2.45) is 0 Å². The highest BCUT2D eigenvalue weighted by Gasteiger charge is 2.12. The van der Waals surface area contributed by atoms with Crippen molar-refractivity contribution < 1.29 is 22.7 Å². The molecule has 1 amide bonds. The van der Waals surface area contributed by atoms with E-state index in [-0.39, 0.29) is 24.0 Å². The lowest BCUT2D eigenvalue weighted by Gasteiger charge is -2.09. The summed E-state index contributed by atoms with van der Waals surface area (Å²) in [7, 11) is -2.02. The van der Waals surface area contributed by atoms with Crippen molar-refractivity contribution in [1.29, 1.82) is 0 Å². The first-order valence-electron chi connectivity index (χ1n) is 7.72. The van der Waals surface area contributed by atoms with E-state index in [0.717, 1.165) is 0 Å². The second kappa shape index (κ2) is 9.02. The summed E-state index contributed by atoms with van der Waals surface area (Å²) in [6, 6.07) is 12.7. The molecular weight excluding hydrogens is 356 g/mol. The van der Waals surface area contributed by atoms with Crippen LogP contribution in [0, 0.1) is 0 Å². The molecule has 0 atom stereocenters. The summed E-state index contributed by atoms with van der Waals surface area (Å²) in [4.78, 5) is 12.0. The summed E-state index contributed by atoms with van der Waals surface area (Å²) in [5.41, 5.74) is 0.469. The van der Waals surface area contributed by atoms with Crippen molar-refractivity contribution in [3.63, 3.8) is 0 Å². The third kappa shape index (κ3) is 5.61. The third-order valence-electron chi connectivity index (χ3n) is 3.30. The van der Waals surface area contributed by atoms with Crippen LogP contribution in [0.2, 0.25) is 0 Å². The molecule has 0 saturated carbocycles. The van der Waals surface area contributed by atoms with Gasteiger partial charge in [0.05, 0.1) is 12.0 Å². The molecule has 0 heterocycles. The van der Waals surface area contributed by atoms with Gasteiger partial charge in [0.15, 0.2) is 6.61 Å². The Morgan fingerprint density at radius 2 is 1.69 bits per heavy atom. The largest absolute Gasteiger partial charge is 0.497 e. The van der Waals surface area contributed by atoms with Gasteiger partial charge in [-0.05, 0) is 48.5 Å². The summed E-state index contributed by atoms with van der Waals surface area (Å²) < 4.78 is 36.7. The molecule has 7 nitrogen and oxygen atoms in total. The number of carbonyl (C=O) groups is 1. The Kier molecular flexibility index (Phi) is 6.76. The van der Waals surface area contributed by atoms with Gasteiger partial charge in [0.1, 0.15) is 11.5 Å². The van der Waals surface area contributed by atoms with Crippen molar-refractivity contribution >= 4 is 21.6 Å². The van der Waals surface area contributed by atoms with E-state index in [2.05, 4.69) is 16.6 Å². The topological polar surface area (TPSA) is 93.7 Å². The minimum absolute atomic E-state index is 0.104. The molecule has 2 N–H and O–H groups in total. The molecule has 0 aliphatic carbocycles. The van der Waals surface area contributed by atoms with Gasteiger partial charge in [-0.25, -0.2) is 13.1 Å². The molecule has 138 valence electrons. The van der Waals surface area contributed by atoms with E-state index in [1.807, 2.05) is 0 Å². The Hall–Kier alpha value is -2.84. The SMILES string of the molecule is C=CCNS(=O)(=O)c1ccc(NC(=O)COc2ccc(OC)cc2)cc1. The van der Waals surface area contributed by atoms with Crippen LogP contribution >= 0.6 is 0 Å². The summed E-state index contributed by atoms with van der Waals surface area (Å²) in [5, 5.41) is 2.64. The van der Waals surface area contributed by atoms with E-state index < -0.39 is 10.0 Å². The highest BCUT2D eigenvalue weighted by atomic mass is 32.2. The monoisotopic (exact) mass is 376 g/mol. The number of ether oxygens (including phenoxy) is 2. The number of hydrogen-bond acceptors (Lipinski definition) is 5. The first-order chi connectivity index (χ1) is 12.4. The Morgan fingerprint density at radius 3 is 2.27 bits per heavy atom. The van der Waals surface area contributed by atoms with Gasteiger partial charge in [-0.15, -0.1) is 6.58 Å². The second-order valence-electron chi connectivity index (χ2n) is 5.18. The van der Waals surface area contributed by atoms with Crippen molar-refractivity contribution in [2.75, 3.05) is 25.6 Å². The molecule has 8 heteroatoms. The van der Waals surface area contributed by atoms with Gasteiger partial charge in [-0.2, -0.15) is 0 Å². The van der Waals surface area contributed by atoms with Crippen LogP contribution in [0.5, 0.6) is 11.5 Å². The Bertz CT molecular complexity index is 846. The van der Waals surface area contributed by atoms with E-state index >= 15 is 0 Å². The quantitative estimate of drug-likeness (QED) is 0.654. The van der Waals surface area contributed by atoms with E-state index in [9.17, 15) is 13.2 Å². The maximum absolute atomic E-state index is 12.0. The number of nitrogens with one attached hydrogen (secondary N) is 2. The second-order valence-corrected chi connectivity index (χ2v) is 6.94. The molecule has 2 rings (SSSR count). The normalized spacial score (nSPS) is 10.8. The number of methoxy groups -OCH3 is 1. The molecule has 0 fully saturated rings. The van der Waals surface area contributed by atoms with Crippen LogP contribution in [0.25, 0.3) is 0 Å². The molecule has 0 saturated heterocycles. The molecule has 2 aromatic carbocycles. The molecule has 0 aromatic heterocycles. The highest BCUT2D eigenvalue weighted by molar-refractivity contribution is 7.89. The predicted octanol–water partition coefficient (Wildman–Crippen LogP) is 2.18. The van der Waals surface area contributed by atoms with Gasteiger partial charge >= 0.3 is 0 Å². The van der Waals surface area contributed by atoms with Crippen molar-refractivity contribution in [3.8, 4) is 11.5 Å². The Morgan fingerprint density at radius 1 is 1.08 bits per heavy atom. The van der Waals surface area contributed by atoms with Crippen LogP contribution < -0.4 is 19.5 Å². The van der Waals surface area contributed by atoms with Crippen LogP contribution in [0.4, 0.5) is 5.69 Å². The highest BCUT2D eigenvalue weighted by Crippen LogP contribution is 2.17. The van der Waals surface area contributed by atoms with Gasteiger partial charge in [-0.1, -0.05) is 6.08 Å². The number of rotatable bonds is 9. The fourth-order valence-electron chi connectivity index (χ4n) is 1.99. The lowest BCUT2D eigenvalue weighted by Crippen LogP contribution is -2.23. The summed E-state index contributed by atoms with van der Waals surface area (Å²) in [6.07, 6.45) is 1.45. The first kappa shape index (κ1) is 19.5. The summed E-state index contributed by atoms with van der Waals surface area (Å²) in [6.45, 7) is 3.43. The van der Waals surface area contributed by atoms with Gasteiger partial charge < -0.3 is 14.8 Å². The molecule has 0 aliphatic heterocycles. The smallest absolute Gasteiger partial charge is 0.262 e. The van der Waals surface area contributed by atoms with Gasteiger partial charge in [0.2, 0.25) is 10.0 Å². The zero-order chi connectivity index (χ0) is 19.0. The van der Waals surface area contributed by atoms with Gasteiger partial charge in [-0.3, -0.25) is 4.79 Å². The molecule has 2 aromatic rings. The van der Waals surface area contributed by atoms with Crippen LogP contribution in [-0.4, -0.2) is 34.6 Å². The number of anilines is 1. The van der Waals surface area contributed by atoms with Crippen LogP contribution in [0.3, 0.4) is 0 Å². The van der Waals surface area contributed by atoms with Crippen molar-refractivity contribution in [1.82, 2.24) is 4.72 Å². The van der Waals surface area contributed by atoms with Gasteiger partial charge in [0.25, 0.3) is 5.91 Å². The maximum Gasteiger partial charge on any atom is 0.262 e. The zero-order valence-electron chi connectivity index (χ0n) is 14.3. The van der Waals surface area contributed by atoms with Crippen molar-refractivity contribution in [3.05, 3.63) is 61.2 Å². The predicted molar refractivity (Wildman–Crippen MR) is 98.9 cm³/mol. The Balaban J connectivity index is 1.89. The lowest BCUT2D eigenvalue weighted by atomic mass is 10.3. The van der Waals surface area contributed by atoms with E-state index in [0.29, 0.717) is 17.2 Å². The Labute approximate surface area is 152 Å². The summed E-state index contributed by atoms with van der Waals surface area (Å²) in [5.74, 6) is 0.872. The number of sulfonamides is 1. The maximum atomic E-state index is 12.0. The number of amides is 1. The van der Waals surface area contributed by atoms with Gasteiger partial charge in [0, 0.05) is 12.2 Å².